The van der Waals surface area contributed by atoms with Gasteiger partial charge in [-0.25, -0.2) is 5.43 Å². The molecule has 0 saturated carbocycles. The van der Waals surface area contributed by atoms with Gasteiger partial charge in [-0.2, -0.15) is 0 Å². The number of benzene rings is 2. The van der Waals surface area contributed by atoms with Crippen LogP contribution in [0.3, 0.4) is 0 Å². The smallest absolute Gasteiger partial charge is 0.247 e. The van der Waals surface area contributed by atoms with Crippen molar-refractivity contribution in [3.05, 3.63) is 66.1 Å². The summed E-state index contributed by atoms with van der Waals surface area (Å²) in [6.07, 6.45) is 0. The molecule has 1 fully saturated rings. The van der Waals surface area contributed by atoms with Gasteiger partial charge in [0.25, 0.3) is 0 Å². The van der Waals surface area contributed by atoms with Gasteiger partial charge >= 0.3 is 0 Å². The third-order valence-electron chi connectivity index (χ3n) is 4.67. The predicted octanol–water partition coefficient (Wildman–Crippen LogP) is 1.83. The van der Waals surface area contributed by atoms with E-state index in [4.69, 9.17) is 9.15 Å². The predicted molar refractivity (Wildman–Crippen MR) is 102 cm³/mol. The fourth-order valence-corrected chi connectivity index (χ4v) is 3.21. The highest BCUT2D eigenvalue weighted by atomic mass is 16.5. The van der Waals surface area contributed by atoms with Gasteiger partial charge in [-0.15, -0.1) is 10.2 Å². The Kier molecular flexibility index (Phi) is 5.31. The standard InChI is InChI=1S/C20H21N5O3/c1-27-15-9-5-8-14(10-15)18-16(11-22-24-18)19(26)21-12-17-23-25-20(28-17)13-6-3-2-4-7-13/h2-10,16,18,22,24H,11-12H2,1H3,(H,21,26). The lowest BCUT2D eigenvalue weighted by molar-refractivity contribution is -0.125. The Hall–Kier alpha value is -3.23. The van der Waals surface area contributed by atoms with E-state index in [9.17, 15) is 4.79 Å². The molecule has 1 amide bonds. The van der Waals surface area contributed by atoms with Gasteiger partial charge in [0.2, 0.25) is 17.7 Å². The van der Waals surface area contributed by atoms with E-state index in [1.165, 1.54) is 0 Å². The van der Waals surface area contributed by atoms with Crippen LogP contribution in [0.4, 0.5) is 0 Å². The van der Waals surface area contributed by atoms with Crippen LogP contribution in [0.2, 0.25) is 0 Å². The first-order chi connectivity index (χ1) is 13.7. The van der Waals surface area contributed by atoms with Crippen LogP contribution in [0, 0.1) is 5.92 Å². The van der Waals surface area contributed by atoms with E-state index in [0.717, 1.165) is 16.9 Å². The molecule has 0 aliphatic carbocycles. The number of carbonyl (C=O) groups excluding carboxylic acids is 1. The zero-order valence-electron chi connectivity index (χ0n) is 15.4. The highest BCUT2D eigenvalue weighted by Crippen LogP contribution is 2.27. The third-order valence-corrected chi connectivity index (χ3v) is 4.67. The topological polar surface area (TPSA) is 101 Å². The number of nitrogens with one attached hydrogen (secondary N) is 3. The van der Waals surface area contributed by atoms with Crippen LogP contribution >= 0.6 is 0 Å². The molecule has 0 spiro atoms. The Morgan fingerprint density at radius 3 is 2.89 bits per heavy atom. The highest BCUT2D eigenvalue weighted by molar-refractivity contribution is 5.80. The summed E-state index contributed by atoms with van der Waals surface area (Å²) in [5.41, 5.74) is 8.04. The van der Waals surface area contributed by atoms with Crippen molar-refractivity contribution in [2.45, 2.75) is 12.6 Å². The summed E-state index contributed by atoms with van der Waals surface area (Å²) in [4.78, 5) is 12.7. The molecule has 1 aliphatic heterocycles. The molecule has 144 valence electrons. The maximum Gasteiger partial charge on any atom is 0.247 e. The van der Waals surface area contributed by atoms with Gasteiger partial charge in [0.15, 0.2) is 0 Å². The maximum atomic E-state index is 12.7. The number of rotatable bonds is 6. The molecule has 0 bridgehead atoms. The average molecular weight is 379 g/mol. The van der Waals surface area contributed by atoms with Gasteiger partial charge in [0.05, 0.1) is 25.6 Å². The average Bonchev–Trinajstić information content (AvgIpc) is 3.42. The van der Waals surface area contributed by atoms with Gasteiger partial charge in [-0.3, -0.25) is 10.2 Å². The molecule has 1 saturated heterocycles. The fraction of sp³-hybridized carbons (Fsp3) is 0.250. The van der Waals surface area contributed by atoms with E-state index in [1.807, 2.05) is 54.6 Å². The molecule has 0 radical (unpaired) electrons. The number of hydrogen-bond donors (Lipinski definition) is 3. The highest BCUT2D eigenvalue weighted by Gasteiger charge is 2.34. The number of methoxy groups -OCH3 is 1. The molecule has 1 aliphatic rings. The Morgan fingerprint density at radius 1 is 1.21 bits per heavy atom. The van der Waals surface area contributed by atoms with Crippen LogP contribution in [0.5, 0.6) is 5.75 Å². The van der Waals surface area contributed by atoms with Crippen LogP contribution in [-0.4, -0.2) is 29.8 Å². The first-order valence-electron chi connectivity index (χ1n) is 9.02. The van der Waals surface area contributed by atoms with Crippen molar-refractivity contribution in [1.29, 1.82) is 0 Å². The molecule has 3 aromatic rings. The number of hydrogen-bond acceptors (Lipinski definition) is 7. The summed E-state index contributed by atoms with van der Waals surface area (Å²) in [6.45, 7) is 0.701. The summed E-state index contributed by atoms with van der Waals surface area (Å²) >= 11 is 0. The van der Waals surface area contributed by atoms with Crippen LogP contribution < -0.4 is 20.9 Å². The van der Waals surface area contributed by atoms with Crippen LogP contribution in [0.15, 0.2) is 59.0 Å². The lowest BCUT2D eigenvalue weighted by Crippen LogP contribution is -2.34. The van der Waals surface area contributed by atoms with E-state index < -0.39 is 0 Å². The van der Waals surface area contributed by atoms with Gasteiger partial charge in [0, 0.05) is 12.1 Å². The molecule has 4 rings (SSSR count). The van der Waals surface area contributed by atoms with Crippen LogP contribution in [0.25, 0.3) is 11.5 Å². The SMILES string of the molecule is COc1cccc(C2NNCC2C(=O)NCc2nnc(-c3ccccc3)o2)c1. The van der Waals surface area contributed by atoms with Gasteiger partial charge < -0.3 is 14.5 Å². The van der Waals surface area contributed by atoms with E-state index in [1.54, 1.807) is 7.11 Å². The van der Waals surface area contributed by atoms with E-state index >= 15 is 0 Å². The Labute approximate surface area is 162 Å². The maximum absolute atomic E-state index is 12.7. The van der Waals surface area contributed by atoms with Crippen molar-refractivity contribution in [2.75, 3.05) is 13.7 Å². The Morgan fingerprint density at radius 2 is 2.07 bits per heavy atom. The minimum Gasteiger partial charge on any atom is -0.497 e. The van der Waals surface area contributed by atoms with Gasteiger partial charge in [-0.05, 0) is 29.8 Å². The lowest BCUT2D eigenvalue weighted by atomic mass is 9.94. The van der Waals surface area contributed by atoms with E-state index in [2.05, 4.69) is 26.4 Å². The Balaban J connectivity index is 1.40. The molecule has 28 heavy (non-hydrogen) atoms. The number of carbonyl (C=O) groups is 1. The molecule has 2 atom stereocenters. The summed E-state index contributed by atoms with van der Waals surface area (Å²) in [5.74, 6) is 1.19. The molecule has 1 aromatic heterocycles. The molecule has 2 heterocycles. The number of aromatic nitrogens is 2. The van der Waals surface area contributed by atoms with Crippen molar-refractivity contribution in [2.24, 2.45) is 5.92 Å². The number of hydrazine groups is 1. The number of nitrogens with zero attached hydrogens (tertiary/aromatic N) is 2. The van der Waals surface area contributed by atoms with Crippen molar-refractivity contribution in [3.63, 3.8) is 0 Å². The molecule has 3 N–H and O–H groups in total. The van der Waals surface area contributed by atoms with Gasteiger partial charge in [-0.1, -0.05) is 30.3 Å². The van der Waals surface area contributed by atoms with Gasteiger partial charge in [0.1, 0.15) is 5.75 Å². The quantitative estimate of drug-likeness (QED) is 0.601. The normalized spacial score (nSPS) is 18.8. The minimum atomic E-state index is -0.274. The zero-order chi connectivity index (χ0) is 19.3. The van der Waals surface area contributed by atoms with Crippen LogP contribution in [-0.2, 0) is 11.3 Å². The minimum absolute atomic E-state index is 0.0928. The summed E-state index contributed by atoms with van der Waals surface area (Å²) in [6, 6.07) is 17.0. The Bertz CT molecular complexity index is 944. The second-order valence-electron chi connectivity index (χ2n) is 6.47. The molecule has 2 unspecified atom stereocenters. The largest absolute Gasteiger partial charge is 0.497 e. The van der Waals surface area contributed by atoms with E-state index in [-0.39, 0.29) is 24.4 Å². The van der Waals surface area contributed by atoms with Crippen LogP contribution in [0.1, 0.15) is 17.5 Å². The van der Waals surface area contributed by atoms with E-state index in [0.29, 0.717) is 18.3 Å². The van der Waals surface area contributed by atoms with Crippen molar-refractivity contribution in [1.82, 2.24) is 26.4 Å². The van der Waals surface area contributed by atoms with Crippen molar-refractivity contribution < 1.29 is 13.9 Å². The summed E-state index contributed by atoms with van der Waals surface area (Å²) in [7, 11) is 1.62. The molecule has 8 nitrogen and oxygen atoms in total. The second kappa shape index (κ2) is 8.20. The number of ether oxygens (including phenoxy) is 1. The first-order valence-corrected chi connectivity index (χ1v) is 9.02. The first kappa shape index (κ1) is 18.1. The lowest BCUT2D eigenvalue weighted by Gasteiger charge is -2.18. The molecule has 8 heteroatoms. The second-order valence-corrected chi connectivity index (χ2v) is 6.47. The zero-order valence-corrected chi connectivity index (χ0v) is 15.4. The molecular weight excluding hydrogens is 358 g/mol. The summed E-state index contributed by atoms with van der Waals surface area (Å²) in [5, 5.41) is 10.9. The summed E-state index contributed by atoms with van der Waals surface area (Å²) < 4.78 is 10.9. The fourth-order valence-electron chi connectivity index (χ4n) is 3.21. The van der Waals surface area contributed by atoms with Crippen molar-refractivity contribution in [3.8, 4) is 17.2 Å². The molecular formula is C20H21N5O3. The number of amides is 1. The monoisotopic (exact) mass is 379 g/mol. The van der Waals surface area contributed by atoms with Crippen molar-refractivity contribution >= 4 is 5.91 Å². The molecule has 2 aromatic carbocycles. The third kappa shape index (κ3) is 3.88.